The zero-order valence-electron chi connectivity index (χ0n) is 13.6. The van der Waals surface area contributed by atoms with Crippen LogP contribution in [0, 0.1) is 5.82 Å². The van der Waals surface area contributed by atoms with E-state index in [1.165, 1.54) is 12.1 Å². The van der Waals surface area contributed by atoms with Crippen molar-refractivity contribution in [1.82, 2.24) is 5.32 Å². The molecular formula is C18H17ClFNO4. The summed E-state index contributed by atoms with van der Waals surface area (Å²) in [6.07, 6.45) is 0.614. The van der Waals surface area contributed by atoms with E-state index in [1.54, 1.807) is 7.11 Å². The third-order valence-corrected chi connectivity index (χ3v) is 3.71. The fourth-order valence-electron chi connectivity index (χ4n) is 2.09. The van der Waals surface area contributed by atoms with Crippen LogP contribution in [0.2, 0.25) is 5.02 Å². The molecule has 0 radical (unpaired) electrons. The standard InChI is InChI=1S/C18H17ClFNO4/c1-24-13-7-5-12(6-8-13)9-10-21-16(22)11-25-18(23)17-14(19)3-2-4-15(17)20/h2-8H,9-11H2,1H3,(H,21,22). The summed E-state index contributed by atoms with van der Waals surface area (Å²) in [5.41, 5.74) is 0.645. The summed E-state index contributed by atoms with van der Waals surface area (Å²) in [5, 5.41) is 2.56. The maximum atomic E-state index is 13.6. The highest BCUT2D eigenvalue weighted by atomic mass is 35.5. The molecule has 0 saturated carbocycles. The van der Waals surface area contributed by atoms with Crippen LogP contribution in [0.25, 0.3) is 0 Å². The summed E-state index contributed by atoms with van der Waals surface area (Å²) in [6, 6.07) is 11.3. The number of carbonyl (C=O) groups is 2. The number of ether oxygens (including phenoxy) is 2. The van der Waals surface area contributed by atoms with Gasteiger partial charge in [0.1, 0.15) is 17.1 Å². The average molecular weight is 366 g/mol. The van der Waals surface area contributed by atoms with Crippen molar-refractivity contribution < 1.29 is 23.5 Å². The molecule has 0 spiro atoms. The zero-order chi connectivity index (χ0) is 18.2. The molecular weight excluding hydrogens is 349 g/mol. The van der Waals surface area contributed by atoms with Crippen LogP contribution in [0.5, 0.6) is 5.75 Å². The maximum absolute atomic E-state index is 13.6. The molecule has 0 atom stereocenters. The average Bonchev–Trinajstić information content (AvgIpc) is 2.60. The van der Waals surface area contributed by atoms with Gasteiger partial charge in [0.15, 0.2) is 6.61 Å². The fraction of sp³-hybridized carbons (Fsp3) is 0.222. The topological polar surface area (TPSA) is 64.6 Å². The molecule has 1 amide bonds. The van der Waals surface area contributed by atoms with E-state index in [0.717, 1.165) is 17.4 Å². The van der Waals surface area contributed by atoms with E-state index in [1.807, 2.05) is 24.3 Å². The van der Waals surface area contributed by atoms with E-state index in [-0.39, 0.29) is 10.6 Å². The smallest absolute Gasteiger partial charge is 0.343 e. The van der Waals surface area contributed by atoms with Crippen molar-refractivity contribution in [3.63, 3.8) is 0 Å². The molecule has 0 aliphatic heterocycles. The molecule has 25 heavy (non-hydrogen) atoms. The number of hydrogen-bond donors (Lipinski definition) is 1. The maximum Gasteiger partial charge on any atom is 0.343 e. The van der Waals surface area contributed by atoms with Gasteiger partial charge in [-0.1, -0.05) is 29.8 Å². The van der Waals surface area contributed by atoms with Crippen molar-refractivity contribution in [3.05, 3.63) is 64.4 Å². The second-order valence-electron chi connectivity index (χ2n) is 5.12. The molecule has 0 bridgehead atoms. The molecule has 5 nitrogen and oxygen atoms in total. The predicted octanol–water partition coefficient (Wildman–Crippen LogP) is 3.00. The van der Waals surface area contributed by atoms with Gasteiger partial charge in [-0.3, -0.25) is 4.79 Å². The second-order valence-corrected chi connectivity index (χ2v) is 5.53. The first-order chi connectivity index (χ1) is 12.0. The number of hydrogen-bond acceptors (Lipinski definition) is 4. The highest BCUT2D eigenvalue weighted by Crippen LogP contribution is 2.19. The van der Waals surface area contributed by atoms with E-state index in [2.05, 4.69) is 5.32 Å². The van der Waals surface area contributed by atoms with Crippen molar-refractivity contribution in [2.24, 2.45) is 0 Å². The Morgan fingerprint density at radius 1 is 1.16 bits per heavy atom. The van der Waals surface area contributed by atoms with Gasteiger partial charge in [-0.2, -0.15) is 0 Å². The lowest BCUT2D eigenvalue weighted by molar-refractivity contribution is -0.124. The first-order valence-corrected chi connectivity index (χ1v) is 7.90. The van der Waals surface area contributed by atoms with Crippen LogP contribution in [-0.4, -0.2) is 32.1 Å². The van der Waals surface area contributed by atoms with Crippen LogP contribution < -0.4 is 10.1 Å². The van der Waals surface area contributed by atoms with E-state index in [0.29, 0.717) is 13.0 Å². The van der Waals surface area contributed by atoms with Crippen LogP contribution in [0.4, 0.5) is 4.39 Å². The third-order valence-electron chi connectivity index (χ3n) is 3.40. The number of rotatable bonds is 7. The first-order valence-electron chi connectivity index (χ1n) is 7.52. The number of benzene rings is 2. The van der Waals surface area contributed by atoms with Gasteiger partial charge < -0.3 is 14.8 Å². The van der Waals surface area contributed by atoms with Crippen molar-refractivity contribution >= 4 is 23.5 Å². The predicted molar refractivity (Wildman–Crippen MR) is 91.4 cm³/mol. The highest BCUT2D eigenvalue weighted by molar-refractivity contribution is 6.33. The zero-order valence-corrected chi connectivity index (χ0v) is 14.3. The van der Waals surface area contributed by atoms with E-state index in [9.17, 15) is 14.0 Å². The van der Waals surface area contributed by atoms with Crippen molar-refractivity contribution in [2.75, 3.05) is 20.3 Å². The van der Waals surface area contributed by atoms with Gasteiger partial charge in [0.2, 0.25) is 0 Å². The summed E-state index contributed by atoms with van der Waals surface area (Å²) in [7, 11) is 1.59. The normalized spacial score (nSPS) is 10.2. The van der Waals surface area contributed by atoms with Crippen LogP contribution in [0.15, 0.2) is 42.5 Å². The number of methoxy groups -OCH3 is 1. The SMILES string of the molecule is COc1ccc(CCNC(=O)COC(=O)c2c(F)cccc2Cl)cc1. The van der Waals surface area contributed by atoms with Gasteiger partial charge in [0, 0.05) is 6.54 Å². The number of carbonyl (C=O) groups excluding carboxylic acids is 2. The molecule has 0 unspecified atom stereocenters. The van der Waals surface area contributed by atoms with Gasteiger partial charge in [-0.05, 0) is 36.2 Å². The minimum absolute atomic E-state index is 0.0649. The van der Waals surface area contributed by atoms with Crippen molar-refractivity contribution in [3.8, 4) is 5.75 Å². The van der Waals surface area contributed by atoms with Gasteiger partial charge in [-0.15, -0.1) is 0 Å². The van der Waals surface area contributed by atoms with Crippen LogP contribution in [-0.2, 0) is 16.0 Å². The second kappa shape index (κ2) is 9.03. The molecule has 2 rings (SSSR count). The molecule has 2 aromatic rings. The van der Waals surface area contributed by atoms with Crippen LogP contribution >= 0.6 is 11.6 Å². The molecule has 1 N–H and O–H groups in total. The Hall–Kier alpha value is -2.60. The van der Waals surface area contributed by atoms with Gasteiger partial charge in [0.25, 0.3) is 5.91 Å². The van der Waals surface area contributed by atoms with Gasteiger partial charge in [0.05, 0.1) is 12.1 Å². The molecule has 0 aromatic heterocycles. The quantitative estimate of drug-likeness (QED) is 0.766. The Balaban J connectivity index is 1.76. The van der Waals surface area contributed by atoms with Gasteiger partial charge in [-0.25, -0.2) is 9.18 Å². The first kappa shape index (κ1) is 18.7. The van der Waals surface area contributed by atoms with Crippen molar-refractivity contribution in [1.29, 1.82) is 0 Å². The fourth-order valence-corrected chi connectivity index (χ4v) is 2.33. The Morgan fingerprint density at radius 2 is 1.88 bits per heavy atom. The van der Waals surface area contributed by atoms with Crippen molar-refractivity contribution in [2.45, 2.75) is 6.42 Å². The van der Waals surface area contributed by atoms with E-state index < -0.39 is 24.3 Å². The summed E-state index contributed by atoms with van der Waals surface area (Å²) in [4.78, 5) is 23.5. The molecule has 0 saturated heterocycles. The number of nitrogens with one attached hydrogen (secondary N) is 1. The minimum atomic E-state index is -0.978. The molecule has 0 aliphatic carbocycles. The third kappa shape index (κ3) is 5.46. The molecule has 132 valence electrons. The summed E-state index contributed by atoms with van der Waals surface area (Å²) in [5.74, 6) is -1.49. The Bertz CT molecular complexity index is 729. The van der Waals surface area contributed by atoms with Crippen LogP contribution in [0.1, 0.15) is 15.9 Å². The minimum Gasteiger partial charge on any atom is -0.497 e. The Morgan fingerprint density at radius 3 is 2.52 bits per heavy atom. The summed E-state index contributed by atoms with van der Waals surface area (Å²) in [6.45, 7) is -0.130. The largest absolute Gasteiger partial charge is 0.497 e. The Kier molecular flexibility index (Phi) is 6.77. The summed E-state index contributed by atoms with van der Waals surface area (Å²) >= 11 is 5.76. The molecule has 0 aliphatic rings. The lowest BCUT2D eigenvalue weighted by Crippen LogP contribution is -2.30. The number of amides is 1. The lowest BCUT2D eigenvalue weighted by atomic mass is 10.1. The molecule has 2 aromatic carbocycles. The highest BCUT2D eigenvalue weighted by Gasteiger charge is 2.18. The van der Waals surface area contributed by atoms with E-state index >= 15 is 0 Å². The molecule has 0 heterocycles. The van der Waals surface area contributed by atoms with Crippen LogP contribution in [0.3, 0.4) is 0 Å². The monoisotopic (exact) mass is 365 g/mol. The van der Waals surface area contributed by atoms with E-state index in [4.69, 9.17) is 21.1 Å². The number of esters is 1. The lowest BCUT2D eigenvalue weighted by Gasteiger charge is -2.08. The number of halogens is 2. The van der Waals surface area contributed by atoms with Gasteiger partial charge >= 0.3 is 5.97 Å². The Labute approximate surface area is 149 Å². The molecule has 0 fully saturated rings. The molecule has 7 heteroatoms. The summed E-state index contributed by atoms with van der Waals surface area (Å²) < 4.78 is 23.4.